The van der Waals surface area contributed by atoms with Crippen LogP contribution in [0.1, 0.15) is 6.42 Å². The van der Waals surface area contributed by atoms with Gasteiger partial charge in [0.25, 0.3) is 5.91 Å². The molecule has 1 aliphatic heterocycles. The highest BCUT2D eigenvalue weighted by molar-refractivity contribution is 9.11. The first-order valence-electron chi connectivity index (χ1n) is 3.08. The maximum Gasteiger partial charge on any atom is 0.251 e. The monoisotopic (exact) mass is 201 g/mol. The van der Waals surface area contributed by atoms with Crippen molar-refractivity contribution in [2.24, 2.45) is 0 Å². The van der Waals surface area contributed by atoms with Crippen LogP contribution < -0.4 is 0 Å². The molecule has 1 aliphatic rings. The highest BCUT2D eigenvalue weighted by Crippen LogP contribution is 2.04. The van der Waals surface area contributed by atoms with Gasteiger partial charge in [-0.25, -0.2) is 0 Å². The van der Waals surface area contributed by atoms with Gasteiger partial charge in [-0.3, -0.25) is 4.79 Å². The average molecular weight is 202 g/mol. The van der Waals surface area contributed by atoms with Gasteiger partial charge in [-0.05, 0) is 11.4 Å². The van der Waals surface area contributed by atoms with Crippen LogP contribution in [0.4, 0.5) is 0 Å². The molecule has 0 atom stereocenters. The molecule has 1 rings (SSSR count). The normalized spacial score (nSPS) is 17.1. The van der Waals surface area contributed by atoms with Crippen LogP contribution in [-0.2, 0) is 4.79 Å². The van der Waals surface area contributed by atoms with Crippen LogP contribution in [-0.4, -0.2) is 17.4 Å². The fourth-order valence-corrected chi connectivity index (χ4v) is 1.05. The van der Waals surface area contributed by atoms with Gasteiger partial charge >= 0.3 is 0 Å². The Morgan fingerprint density at radius 3 is 3.00 bits per heavy atom. The molecule has 54 valence electrons. The van der Waals surface area contributed by atoms with Gasteiger partial charge in [0.1, 0.15) is 0 Å². The van der Waals surface area contributed by atoms with Crippen LogP contribution in [0.25, 0.3) is 0 Å². The lowest BCUT2D eigenvalue weighted by atomic mass is 10.4. The van der Waals surface area contributed by atoms with Crippen LogP contribution in [0.3, 0.4) is 0 Å². The van der Waals surface area contributed by atoms with E-state index in [1.54, 1.807) is 9.89 Å². The highest BCUT2D eigenvalue weighted by atomic mass is 79.9. The van der Waals surface area contributed by atoms with Gasteiger partial charge in [0.05, 0.1) is 0 Å². The lowest BCUT2D eigenvalue weighted by Gasteiger charge is -2.08. The SMILES string of the molecule is O=C(/C=C\Br)N1C=CCC1. The number of amides is 1. The molecular formula is C7H8BrNO. The number of carbonyl (C=O) groups excluding carboxylic acids is 1. The molecule has 0 aliphatic carbocycles. The van der Waals surface area contributed by atoms with E-state index in [-0.39, 0.29) is 5.91 Å². The van der Waals surface area contributed by atoms with Gasteiger partial charge in [0.15, 0.2) is 0 Å². The van der Waals surface area contributed by atoms with Crippen molar-refractivity contribution < 1.29 is 4.79 Å². The summed E-state index contributed by atoms with van der Waals surface area (Å²) in [5.41, 5.74) is 0. The van der Waals surface area contributed by atoms with E-state index in [1.165, 1.54) is 6.08 Å². The van der Waals surface area contributed by atoms with E-state index >= 15 is 0 Å². The molecule has 2 nitrogen and oxygen atoms in total. The van der Waals surface area contributed by atoms with E-state index in [2.05, 4.69) is 15.9 Å². The molecule has 0 aromatic carbocycles. The molecule has 0 unspecified atom stereocenters. The summed E-state index contributed by atoms with van der Waals surface area (Å²) >= 11 is 3.04. The standard InChI is InChI=1S/C7H8BrNO/c8-4-3-7(10)9-5-1-2-6-9/h1,3-5H,2,6H2/b4-3-. The smallest absolute Gasteiger partial charge is 0.251 e. The summed E-state index contributed by atoms with van der Waals surface area (Å²) in [6.45, 7) is 0.816. The Bertz CT molecular complexity index is 186. The van der Waals surface area contributed by atoms with Crippen LogP contribution in [0.15, 0.2) is 23.3 Å². The molecule has 0 aromatic rings. The molecule has 0 bridgehead atoms. The zero-order valence-corrected chi connectivity index (χ0v) is 7.04. The van der Waals surface area contributed by atoms with Gasteiger partial charge in [-0.2, -0.15) is 0 Å². The largest absolute Gasteiger partial charge is 0.316 e. The van der Waals surface area contributed by atoms with Crippen molar-refractivity contribution in [3.8, 4) is 0 Å². The van der Waals surface area contributed by atoms with E-state index in [1.807, 2.05) is 12.3 Å². The van der Waals surface area contributed by atoms with Crippen LogP contribution in [0, 0.1) is 0 Å². The summed E-state index contributed by atoms with van der Waals surface area (Å²) in [5, 5.41) is 0. The Labute approximate surface area is 68.3 Å². The molecule has 0 radical (unpaired) electrons. The zero-order valence-electron chi connectivity index (χ0n) is 5.46. The van der Waals surface area contributed by atoms with E-state index in [9.17, 15) is 4.79 Å². The van der Waals surface area contributed by atoms with Crippen molar-refractivity contribution in [2.45, 2.75) is 6.42 Å². The van der Waals surface area contributed by atoms with Crippen molar-refractivity contribution in [1.29, 1.82) is 0 Å². The summed E-state index contributed by atoms with van der Waals surface area (Å²) in [5.74, 6) is 0.0330. The number of nitrogens with zero attached hydrogens (tertiary/aromatic N) is 1. The average Bonchev–Trinajstić information content (AvgIpc) is 2.38. The van der Waals surface area contributed by atoms with Gasteiger partial charge in [-0.1, -0.05) is 22.0 Å². The summed E-state index contributed by atoms with van der Waals surface area (Å²) in [7, 11) is 0. The van der Waals surface area contributed by atoms with Crippen LogP contribution in [0.5, 0.6) is 0 Å². The number of hydrogen-bond donors (Lipinski definition) is 0. The zero-order chi connectivity index (χ0) is 7.40. The van der Waals surface area contributed by atoms with Gasteiger partial charge in [-0.15, -0.1) is 0 Å². The predicted octanol–water partition coefficient (Wildman–Crippen LogP) is 1.64. The molecule has 0 saturated heterocycles. The summed E-state index contributed by atoms with van der Waals surface area (Å²) in [4.78, 5) is 14.3. The molecule has 1 amide bonds. The number of carbonyl (C=O) groups is 1. The predicted molar refractivity (Wildman–Crippen MR) is 43.5 cm³/mol. The maximum atomic E-state index is 11.0. The third-order valence-electron chi connectivity index (χ3n) is 1.31. The molecule has 0 saturated carbocycles. The first-order chi connectivity index (χ1) is 4.84. The third-order valence-corrected chi connectivity index (χ3v) is 1.58. The minimum absolute atomic E-state index is 0.0330. The van der Waals surface area contributed by atoms with Crippen molar-refractivity contribution in [1.82, 2.24) is 4.90 Å². The number of hydrogen-bond acceptors (Lipinski definition) is 1. The van der Waals surface area contributed by atoms with Crippen LogP contribution in [0.2, 0.25) is 0 Å². The van der Waals surface area contributed by atoms with Crippen molar-refractivity contribution in [3.05, 3.63) is 23.3 Å². The minimum atomic E-state index is 0.0330. The summed E-state index contributed by atoms with van der Waals surface area (Å²) in [6, 6.07) is 0. The van der Waals surface area contributed by atoms with Crippen LogP contribution >= 0.6 is 15.9 Å². The molecule has 10 heavy (non-hydrogen) atoms. The minimum Gasteiger partial charge on any atom is -0.316 e. The Balaban J connectivity index is 2.48. The van der Waals surface area contributed by atoms with E-state index in [4.69, 9.17) is 0 Å². The second-order valence-electron chi connectivity index (χ2n) is 2.00. The quantitative estimate of drug-likeness (QED) is 0.592. The lowest BCUT2D eigenvalue weighted by molar-refractivity contribution is -0.123. The van der Waals surface area contributed by atoms with Crippen molar-refractivity contribution in [3.63, 3.8) is 0 Å². The first kappa shape index (κ1) is 7.54. The fourth-order valence-electron chi connectivity index (χ4n) is 0.823. The van der Waals surface area contributed by atoms with Crippen molar-refractivity contribution in [2.75, 3.05) is 6.54 Å². The van der Waals surface area contributed by atoms with Gasteiger partial charge < -0.3 is 4.90 Å². The third kappa shape index (κ3) is 1.70. The van der Waals surface area contributed by atoms with Crippen molar-refractivity contribution >= 4 is 21.8 Å². The molecule has 0 spiro atoms. The van der Waals surface area contributed by atoms with E-state index in [0.29, 0.717) is 0 Å². The molecular weight excluding hydrogens is 194 g/mol. The Morgan fingerprint density at radius 1 is 1.70 bits per heavy atom. The Morgan fingerprint density at radius 2 is 2.50 bits per heavy atom. The molecule has 0 N–H and O–H groups in total. The number of rotatable bonds is 1. The van der Waals surface area contributed by atoms with E-state index < -0.39 is 0 Å². The molecule has 0 fully saturated rings. The topological polar surface area (TPSA) is 20.3 Å². The summed E-state index contributed by atoms with van der Waals surface area (Å²) < 4.78 is 0. The molecule has 0 aromatic heterocycles. The first-order valence-corrected chi connectivity index (χ1v) is 4.00. The molecule has 3 heteroatoms. The Hall–Kier alpha value is -0.570. The molecule has 1 heterocycles. The Kier molecular flexibility index (Phi) is 2.68. The second-order valence-corrected chi connectivity index (χ2v) is 2.53. The van der Waals surface area contributed by atoms with Gasteiger partial charge in [0, 0.05) is 18.8 Å². The summed E-state index contributed by atoms with van der Waals surface area (Å²) in [6.07, 6.45) is 6.27. The fraction of sp³-hybridized carbons (Fsp3) is 0.286. The maximum absolute atomic E-state index is 11.0. The lowest BCUT2D eigenvalue weighted by Crippen LogP contribution is -2.20. The highest BCUT2D eigenvalue weighted by Gasteiger charge is 2.08. The van der Waals surface area contributed by atoms with E-state index in [0.717, 1.165) is 13.0 Å². The van der Waals surface area contributed by atoms with Gasteiger partial charge in [0.2, 0.25) is 0 Å². The second kappa shape index (κ2) is 3.56. The number of halogens is 1.